The van der Waals surface area contributed by atoms with Gasteiger partial charge in [0.05, 0.1) is 33.2 Å². The number of ether oxygens (including phenoxy) is 3. The fourth-order valence-electron chi connectivity index (χ4n) is 2.74. The van der Waals surface area contributed by atoms with E-state index in [4.69, 9.17) is 14.2 Å². The van der Waals surface area contributed by atoms with Crippen LogP contribution in [0.3, 0.4) is 0 Å². The molecule has 0 atom stereocenters. The molecule has 0 aliphatic carbocycles. The topological polar surface area (TPSA) is 105 Å². The Morgan fingerprint density at radius 3 is 2.55 bits per heavy atom. The molecule has 1 N–H and O–H groups in total. The first-order valence-electron chi connectivity index (χ1n) is 9.15. The lowest BCUT2D eigenvalue weighted by Crippen LogP contribution is -2.23. The van der Waals surface area contributed by atoms with E-state index in [-0.39, 0.29) is 23.6 Å². The van der Waals surface area contributed by atoms with Crippen molar-refractivity contribution in [2.24, 2.45) is 0 Å². The maximum atomic E-state index is 12.8. The van der Waals surface area contributed by atoms with E-state index < -0.39 is 0 Å². The average molecular weight is 463 g/mol. The Morgan fingerprint density at radius 2 is 1.90 bits per heavy atom. The van der Waals surface area contributed by atoms with Gasteiger partial charge in [-0.15, -0.1) is 10.2 Å². The summed E-state index contributed by atoms with van der Waals surface area (Å²) < 4.78 is 18.1. The maximum absolute atomic E-state index is 12.8. The van der Waals surface area contributed by atoms with Crippen LogP contribution in [0, 0.1) is 6.92 Å². The van der Waals surface area contributed by atoms with Gasteiger partial charge in [0, 0.05) is 23.6 Å². The first-order chi connectivity index (χ1) is 14.9. The molecule has 164 valence electrons. The number of thioether (sulfide) groups is 1. The van der Waals surface area contributed by atoms with Crippen molar-refractivity contribution in [2.45, 2.75) is 23.6 Å². The summed E-state index contributed by atoms with van der Waals surface area (Å²) >= 11 is 2.92. The zero-order chi connectivity index (χ0) is 22.4. The number of carbonyl (C=O) groups excluding carboxylic acids is 1. The smallest absolute Gasteiger partial charge is 0.244 e. The molecule has 0 spiro atoms. The number of rotatable bonds is 9. The van der Waals surface area contributed by atoms with Gasteiger partial charge in [-0.2, -0.15) is 0 Å². The fourth-order valence-corrected chi connectivity index (χ4v) is 4.55. The summed E-state index contributed by atoms with van der Waals surface area (Å²) in [5, 5.41) is 11.8. The Balaban J connectivity index is 1.80. The molecule has 1 amide bonds. The van der Waals surface area contributed by atoms with E-state index in [1.807, 2.05) is 6.92 Å². The number of carbonyl (C=O) groups is 1. The van der Waals surface area contributed by atoms with Crippen molar-refractivity contribution in [3.63, 3.8) is 0 Å². The number of aromatic nitrogens is 3. The molecule has 0 fully saturated rings. The third kappa shape index (κ3) is 5.76. The summed E-state index contributed by atoms with van der Waals surface area (Å²) in [7, 11) is 4.49. The highest BCUT2D eigenvalue weighted by Crippen LogP contribution is 2.29. The summed E-state index contributed by atoms with van der Waals surface area (Å²) in [6.07, 6.45) is 1.54. The summed E-state index contributed by atoms with van der Waals surface area (Å²) in [6, 6.07) is 6.59. The van der Waals surface area contributed by atoms with Gasteiger partial charge in [0.15, 0.2) is 10.1 Å². The highest BCUT2D eigenvalue weighted by molar-refractivity contribution is 8.00. The van der Waals surface area contributed by atoms with Gasteiger partial charge in [-0.1, -0.05) is 23.1 Å². The minimum absolute atomic E-state index is 0.0170. The van der Waals surface area contributed by atoms with E-state index >= 15 is 0 Å². The molecule has 0 saturated heterocycles. The molecule has 11 heteroatoms. The molecule has 3 aromatic rings. The van der Waals surface area contributed by atoms with Crippen LogP contribution < -0.4 is 25.0 Å². The summed E-state index contributed by atoms with van der Waals surface area (Å²) in [5.74, 6) is 1.42. The van der Waals surface area contributed by atoms with Gasteiger partial charge in [0.1, 0.15) is 23.1 Å². The van der Waals surface area contributed by atoms with E-state index in [0.717, 1.165) is 9.35 Å². The van der Waals surface area contributed by atoms with Crippen molar-refractivity contribution in [1.82, 2.24) is 14.8 Å². The highest BCUT2D eigenvalue weighted by Gasteiger charge is 2.14. The quantitative estimate of drug-likeness (QED) is 0.484. The third-order valence-electron chi connectivity index (χ3n) is 4.25. The zero-order valence-electron chi connectivity index (χ0n) is 17.5. The number of pyridine rings is 1. The Labute approximate surface area is 187 Å². The fraction of sp³-hybridized carbons (Fsp3) is 0.300. The van der Waals surface area contributed by atoms with Crippen LogP contribution >= 0.6 is 23.1 Å². The number of hydrogen-bond acceptors (Lipinski definition) is 9. The van der Waals surface area contributed by atoms with Gasteiger partial charge in [-0.05, 0) is 19.1 Å². The van der Waals surface area contributed by atoms with Crippen LogP contribution in [0.5, 0.6) is 17.2 Å². The van der Waals surface area contributed by atoms with Crippen molar-refractivity contribution in [3.05, 3.63) is 51.4 Å². The number of amides is 1. The monoisotopic (exact) mass is 462 g/mol. The normalized spacial score (nSPS) is 10.6. The second kappa shape index (κ2) is 10.3. The standard InChI is InChI=1S/C20H22N4O5S2/c1-12-22-23-20(31-12)30-11-13-7-16(25)18(29-4)9-24(13)10-19(26)21-15-6-5-14(27-2)8-17(15)28-3/h5-9H,10-11H2,1-4H3,(H,21,26). The van der Waals surface area contributed by atoms with Gasteiger partial charge in [-0.25, -0.2) is 0 Å². The number of nitrogens with zero attached hydrogens (tertiary/aromatic N) is 3. The Kier molecular flexibility index (Phi) is 7.53. The lowest BCUT2D eigenvalue weighted by molar-refractivity contribution is -0.116. The van der Waals surface area contributed by atoms with Crippen molar-refractivity contribution in [3.8, 4) is 17.2 Å². The largest absolute Gasteiger partial charge is 0.497 e. The molecule has 0 bridgehead atoms. The average Bonchev–Trinajstić information content (AvgIpc) is 3.18. The van der Waals surface area contributed by atoms with Crippen LogP contribution in [0.2, 0.25) is 0 Å². The van der Waals surface area contributed by atoms with E-state index in [1.165, 1.54) is 49.6 Å². The second-order valence-electron chi connectivity index (χ2n) is 6.32. The van der Waals surface area contributed by atoms with Crippen LogP contribution in [0.25, 0.3) is 0 Å². The van der Waals surface area contributed by atoms with Gasteiger partial charge in [-0.3, -0.25) is 9.59 Å². The van der Waals surface area contributed by atoms with Gasteiger partial charge < -0.3 is 24.1 Å². The predicted molar refractivity (Wildman–Crippen MR) is 120 cm³/mol. The van der Waals surface area contributed by atoms with E-state index in [0.29, 0.717) is 28.6 Å². The number of methoxy groups -OCH3 is 3. The Hall–Kier alpha value is -3.05. The first kappa shape index (κ1) is 22.6. The van der Waals surface area contributed by atoms with E-state index in [9.17, 15) is 9.59 Å². The molecule has 0 radical (unpaired) electrons. The minimum atomic E-state index is -0.285. The molecule has 0 aliphatic rings. The lowest BCUT2D eigenvalue weighted by Gasteiger charge is -2.16. The third-order valence-corrected chi connectivity index (χ3v) is 6.26. The van der Waals surface area contributed by atoms with Crippen LogP contribution in [0.15, 0.2) is 39.6 Å². The number of nitrogens with one attached hydrogen (secondary N) is 1. The highest BCUT2D eigenvalue weighted by atomic mass is 32.2. The molecule has 31 heavy (non-hydrogen) atoms. The van der Waals surface area contributed by atoms with Crippen molar-refractivity contribution in [1.29, 1.82) is 0 Å². The number of hydrogen-bond donors (Lipinski definition) is 1. The number of benzene rings is 1. The molecule has 0 saturated carbocycles. The molecule has 3 rings (SSSR count). The number of aryl methyl sites for hydroxylation is 1. The van der Waals surface area contributed by atoms with Crippen molar-refractivity contribution in [2.75, 3.05) is 26.6 Å². The van der Waals surface area contributed by atoms with Crippen LogP contribution in [0.4, 0.5) is 5.69 Å². The lowest BCUT2D eigenvalue weighted by atomic mass is 10.2. The van der Waals surface area contributed by atoms with Crippen LogP contribution in [-0.4, -0.2) is 42.0 Å². The molecule has 2 heterocycles. The van der Waals surface area contributed by atoms with Gasteiger partial charge >= 0.3 is 0 Å². The molecule has 0 aliphatic heterocycles. The Morgan fingerprint density at radius 1 is 1.13 bits per heavy atom. The van der Waals surface area contributed by atoms with Crippen molar-refractivity contribution >= 4 is 34.7 Å². The number of anilines is 1. The minimum Gasteiger partial charge on any atom is -0.497 e. The summed E-state index contributed by atoms with van der Waals surface area (Å²) in [6.45, 7) is 1.86. The summed E-state index contributed by atoms with van der Waals surface area (Å²) in [4.78, 5) is 25.0. The molecule has 2 aromatic heterocycles. The van der Waals surface area contributed by atoms with Gasteiger partial charge in [0.2, 0.25) is 11.3 Å². The molecular weight excluding hydrogens is 440 g/mol. The van der Waals surface area contributed by atoms with Crippen LogP contribution in [0.1, 0.15) is 10.7 Å². The first-order valence-corrected chi connectivity index (χ1v) is 11.0. The molecular formula is C20H22N4O5S2. The summed E-state index contributed by atoms with van der Waals surface area (Å²) in [5.41, 5.74) is 0.932. The predicted octanol–water partition coefficient (Wildman–Crippen LogP) is 2.97. The van der Waals surface area contributed by atoms with E-state index in [2.05, 4.69) is 15.5 Å². The van der Waals surface area contributed by atoms with Crippen LogP contribution in [-0.2, 0) is 17.1 Å². The SMILES string of the molecule is COc1ccc(NC(=O)Cn2cc(OC)c(=O)cc2CSc2nnc(C)s2)c(OC)c1. The van der Waals surface area contributed by atoms with Gasteiger partial charge in [0.25, 0.3) is 0 Å². The van der Waals surface area contributed by atoms with E-state index in [1.54, 1.807) is 29.9 Å². The molecule has 1 aromatic carbocycles. The maximum Gasteiger partial charge on any atom is 0.244 e. The molecule has 9 nitrogen and oxygen atoms in total. The Bertz CT molecular complexity index is 1130. The molecule has 0 unspecified atom stereocenters. The zero-order valence-corrected chi connectivity index (χ0v) is 19.1. The second-order valence-corrected chi connectivity index (χ2v) is 8.72. The van der Waals surface area contributed by atoms with Crippen molar-refractivity contribution < 1.29 is 19.0 Å².